The highest BCUT2D eigenvalue weighted by molar-refractivity contribution is 5.24. The SMILES string of the molecule is CC(N)(C#N)COc1cc(F)cc(F)c1. The largest absolute Gasteiger partial charge is 0.490 e. The molecule has 0 aliphatic carbocycles. The molecule has 0 saturated heterocycles. The highest BCUT2D eigenvalue weighted by Gasteiger charge is 2.18. The fourth-order valence-electron chi connectivity index (χ4n) is 0.877. The summed E-state index contributed by atoms with van der Waals surface area (Å²) in [7, 11) is 0. The molecule has 3 nitrogen and oxygen atoms in total. The maximum Gasteiger partial charge on any atom is 0.135 e. The fourth-order valence-corrected chi connectivity index (χ4v) is 0.877. The molecule has 0 radical (unpaired) electrons. The Labute approximate surface area is 86.1 Å². The van der Waals surface area contributed by atoms with Gasteiger partial charge in [-0.15, -0.1) is 0 Å². The predicted octanol–water partition coefficient (Wildman–Crippen LogP) is 1.58. The lowest BCUT2D eigenvalue weighted by Crippen LogP contribution is -2.40. The molecule has 2 N–H and O–H groups in total. The maximum absolute atomic E-state index is 12.7. The van der Waals surface area contributed by atoms with Crippen molar-refractivity contribution in [3.05, 3.63) is 29.8 Å². The first-order valence-electron chi connectivity index (χ1n) is 4.22. The molecule has 0 bridgehead atoms. The molecule has 0 amide bonds. The van der Waals surface area contributed by atoms with Gasteiger partial charge in [-0.3, -0.25) is 0 Å². The summed E-state index contributed by atoms with van der Waals surface area (Å²) in [6, 6.07) is 4.59. The molecule has 1 aromatic rings. The molecule has 1 atom stereocenters. The van der Waals surface area contributed by atoms with E-state index in [-0.39, 0.29) is 12.4 Å². The van der Waals surface area contributed by atoms with Crippen molar-refractivity contribution in [2.45, 2.75) is 12.5 Å². The van der Waals surface area contributed by atoms with Crippen LogP contribution in [0.25, 0.3) is 0 Å². The van der Waals surface area contributed by atoms with E-state index in [1.807, 2.05) is 0 Å². The second-order valence-corrected chi connectivity index (χ2v) is 3.42. The van der Waals surface area contributed by atoms with E-state index in [0.29, 0.717) is 0 Å². The van der Waals surface area contributed by atoms with Gasteiger partial charge in [0.05, 0.1) is 6.07 Å². The Kier molecular flexibility index (Phi) is 3.22. The summed E-state index contributed by atoms with van der Waals surface area (Å²) < 4.78 is 30.4. The number of nitrogens with zero attached hydrogens (tertiary/aromatic N) is 1. The third-order valence-corrected chi connectivity index (χ3v) is 1.63. The van der Waals surface area contributed by atoms with Gasteiger partial charge in [0.2, 0.25) is 0 Å². The number of rotatable bonds is 3. The van der Waals surface area contributed by atoms with E-state index in [9.17, 15) is 8.78 Å². The highest BCUT2D eigenvalue weighted by Crippen LogP contribution is 2.16. The lowest BCUT2D eigenvalue weighted by molar-refractivity contribution is 0.262. The van der Waals surface area contributed by atoms with Crippen molar-refractivity contribution in [3.8, 4) is 11.8 Å². The quantitative estimate of drug-likeness (QED) is 0.827. The van der Waals surface area contributed by atoms with Gasteiger partial charge < -0.3 is 10.5 Å². The van der Waals surface area contributed by atoms with Crippen LogP contribution in [0.2, 0.25) is 0 Å². The van der Waals surface area contributed by atoms with Crippen molar-refractivity contribution < 1.29 is 13.5 Å². The average Bonchev–Trinajstić information content (AvgIpc) is 2.14. The number of hydrogen-bond donors (Lipinski definition) is 1. The van der Waals surface area contributed by atoms with Gasteiger partial charge in [0.1, 0.15) is 29.5 Å². The molecule has 0 aromatic heterocycles. The highest BCUT2D eigenvalue weighted by atomic mass is 19.1. The van der Waals surface area contributed by atoms with Crippen LogP contribution in [-0.4, -0.2) is 12.1 Å². The molecule has 15 heavy (non-hydrogen) atoms. The number of ether oxygens (including phenoxy) is 1. The van der Waals surface area contributed by atoms with Crippen LogP contribution in [0, 0.1) is 23.0 Å². The van der Waals surface area contributed by atoms with E-state index in [1.54, 1.807) is 6.07 Å². The molecule has 0 heterocycles. The van der Waals surface area contributed by atoms with Crippen LogP contribution in [0.15, 0.2) is 18.2 Å². The Morgan fingerprint density at radius 3 is 2.40 bits per heavy atom. The van der Waals surface area contributed by atoms with Crippen LogP contribution in [0.5, 0.6) is 5.75 Å². The third-order valence-electron chi connectivity index (χ3n) is 1.63. The summed E-state index contributed by atoms with van der Waals surface area (Å²) in [5.74, 6) is -1.46. The zero-order valence-corrected chi connectivity index (χ0v) is 8.13. The molecule has 0 fully saturated rings. The van der Waals surface area contributed by atoms with Crippen LogP contribution in [0.4, 0.5) is 8.78 Å². The Hall–Kier alpha value is -1.67. The van der Waals surface area contributed by atoms with Crippen LogP contribution < -0.4 is 10.5 Å². The fraction of sp³-hybridized carbons (Fsp3) is 0.300. The van der Waals surface area contributed by atoms with E-state index in [0.717, 1.165) is 18.2 Å². The summed E-state index contributed by atoms with van der Waals surface area (Å²) in [4.78, 5) is 0. The molecule has 0 spiro atoms. The first-order chi connectivity index (χ1) is 6.93. The lowest BCUT2D eigenvalue weighted by Gasteiger charge is -2.16. The van der Waals surface area contributed by atoms with Gasteiger partial charge in [0, 0.05) is 18.2 Å². The lowest BCUT2D eigenvalue weighted by atomic mass is 10.1. The molecule has 1 rings (SSSR count). The van der Waals surface area contributed by atoms with Gasteiger partial charge in [-0.25, -0.2) is 8.78 Å². The molecule has 1 unspecified atom stereocenters. The van der Waals surface area contributed by atoms with Gasteiger partial charge in [-0.05, 0) is 6.92 Å². The van der Waals surface area contributed by atoms with Gasteiger partial charge >= 0.3 is 0 Å². The third kappa shape index (κ3) is 3.52. The standard InChI is InChI=1S/C10H10F2N2O/c1-10(14,5-13)6-15-9-3-7(11)2-8(12)4-9/h2-4H,6,14H2,1H3. The maximum atomic E-state index is 12.7. The van der Waals surface area contributed by atoms with E-state index in [4.69, 9.17) is 15.7 Å². The van der Waals surface area contributed by atoms with E-state index in [2.05, 4.69) is 0 Å². The van der Waals surface area contributed by atoms with Crippen LogP contribution in [0.3, 0.4) is 0 Å². The van der Waals surface area contributed by atoms with Crippen LogP contribution in [-0.2, 0) is 0 Å². The molecule has 1 aromatic carbocycles. The summed E-state index contributed by atoms with van der Waals surface area (Å²) in [5, 5.41) is 8.58. The van der Waals surface area contributed by atoms with E-state index < -0.39 is 17.2 Å². The first kappa shape index (κ1) is 11.4. The molecule has 0 saturated carbocycles. The first-order valence-corrected chi connectivity index (χ1v) is 4.22. The summed E-state index contributed by atoms with van der Waals surface area (Å²) >= 11 is 0. The second-order valence-electron chi connectivity index (χ2n) is 3.42. The summed E-state index contributed by atoms with van der Waals surface area (Å²) in [6.45, 7) is 1.33. The Bertz CT molecular complexity index is 379. The molecule has 5 heteroatoms. The van der Waals surface area contributed by atoms with E-state index >= 15 is 0 Å². The zero-order chi connectivity index (χ0) is 11.5. The van der Waals surface area contributed by atoms with Gasteiger partial charge in [-0.2, -0.15) is 5.26 Å². The average molecular weight is 212 g/mol. The van der Waals surface area contributed by atoms with Gasteiger partial charge in [-0.1, -0.05) is 0 Å². The van der Waals surface area contributed by atoms with Crippen LogP contribution in [0.1, 0.15) is 6.92 Å². The minimum Gasteiger partial charge on any atom is -0.490 e. The van der Waals surface area contributed by atoms with E-state index in [1.165, 1.54) is 6.92 Å². The minimum absolute atomic E-state index is 0.0134. The van der Waals surface area contributed by atoms with Crippen molar-refractivity contribution in [2.24, 2.45) is 5.73 Å². The number of hydrogen-bond acceptors (Lipinski definition) is 3. The number of nitriles is 1. The van der Waals surface area contributed by atoms with Crippen molar-refractivity contribution in [3.63, 3.8) is 0 Å². The van der Waals surface area contributed by atoms with Gasteiger partial charge in [0.15, 0.2) is 0 Å². The minimum atomic E-state index is -1.18. The smallest absolute Gasteiger partial charge is 0.135 e. The topological polar surface area (TPSA) is 59.0 Å². The monoisotopic (exact) mass is 212 g/mol. The van der Waals surface area contributed by atoms with Crippen molar-refractivity contribution in [1.29, 1.82) is 5.26 Å². The van der Waals surface area contributed by atoms with Crippen molar-refractivity contribution in [1.82, 2.24) is 0 Å². The van der Waals surface area contributed by atoms with Gasteiger partial charge in [0.25, 0.3) is 0 Å². The molecule has 80 valence electrons. The number of halogens is 2. The number of benzene rings is 1. The van der Waals surface area contributed by atoms with Crippen molar-refractivity contribution >= 4 is 0 Å². The van der Waals surface area contributed by atoms with Crippen molar-refractivity contribution in [2.75, 3.05) is 6.61 Å². The Morgan fingerprint density at radius 1 is 1.40 bits per heavy atom. The summed E-state index contributed by atoms with van der Waals surface area (Å²) in [6.07, 6.45) is 0. The Morgan fingerprint density at radius 2 is 1.93 bits per heavy atom. The molecular formula is C10H10F2N2O. The predicted molar refractivity (Wildman–Crippen MR) is 50.1 cm³/mol. The molecular weight excluding hydrogens is 202 g/mol. The second kappa shape index (κ2) is 4.24. The zero-order valence-electron chi connectivity index (χ0n) is 8.13. The summed E-state index contributed by atoms with van der Waals surface area (Å²) in [5.41, 5.74) is 4.29. The van der Waals surface area contributed by atoms with Crippen LogP contribution >= 0.6 is 0 Å². The Balaban J connectivity index is 2.71. The normalized spacial score (nSPS) is 14.1. The number of nitrogens with two attached hydrogens (primary N) is 1. The molecule has 0 aliphatic heterocycles. The molecule has 0 aliphatic rings.